The van der Waals surface area contributed by atoms with Gasteiger partial charge in [-0.3, -0.25) is 4.79 Å². The first kappa shape index (κ1) is 14.2. The molecule has 0 aliphatic carbocycles. The summed E-state index contributed by atoms with van der Waals surface area (Å²) in [7, 11) is 0. The van der Waals surface area contributed by atoms with E-state index in [1.165, 1.54) is 25.7 Å². The van der Waals surface area contributed by atoms with Crippen molar-refractivity contribution in [3.8, 4) is 0 Å². The van der Waals surface area contributed by atoms with Gasteiger partial charge in [0.2, 0.25) is 0 Å². The normalized spacial score (nSPS) is 10.1. The minimum atomic E-state index is -0.0304. The Morgan fingerprint density at radius 2 is 1.86 bits per heavy atom. The Balaban J connectivity index is 3.07. The first-order valence-electron chi connectivity index (χ1n) is 5.52. The molecule has 0 radical (unpaired) electrons. The zero-order valence-electron chi connectivity index (χ0n) is 9.06. The molecule has 0 N–H and O–H groups in total. The topological polar surface area (TPSA) is 26.3 Å². The van der Waals surface area contributed by atoms with Crippen LogP contribution in [0.3, 0.4) is 0 Å². The van der Waals surface area contributed by atoms with Crippen LogP contribution in [0.25, 0.3) is 0 Å². The molecule has 0 unspecified atom stereocenters. The van der Waals surface area contributed by atoms with Crippen molar-refractivity contribution >= 4 is 28.6 Å². The van der Waals surface area contributed by atoms with Crippen LogP contribution in [0.2, 0.25) is 0 Å². The molecule has 84 valence electrons. The molecule has 2 nitrogen and oxygen atoms in total. The Morgan fingerprint density at radius 1 is 1.14 bits per heavy atom. The standard InChI is InChI=1S/C11H21IO2/c1-2-3-4-5-6-10-14-11(13)8-7-9-12/h2-10H2,1H3. The fraction of sp³-hybridized carbons (Fsp3) is 0.909. The highest BCUT2D eigenvalue weighted by Gasteiger charge is 2.00. The van der Waals surface area contributed by atoms with E-state index in [4.69, 9.17) is 4.74 Å². The fourth-order valence-electron chi connectivity index (χ4n) is 1.17. The molecule has 0 saturated heterocycles. The number of rotatable bonds is 9. The highest BCUT2D eigenvalue weighted by molar-refractivity contribution is 14.1. The Morgan fingerprint density at radius 3 is 2.50 bits per heavy atom. The van der Waals surface area contributed by atoms with Crippen molar-refractivity contribution in [2.45, 2.75) is 51.9 Å². The Bertz CT molecular complexity index is 137. The molecule has 0 heterocycles. The maximum Gasteiger partial charge on any atom is 0.305 e. The second kappa shape index (κ2) is 11.3. The second-order valence-electron chi connectivity index (χ2n) is 3.43. The maximum atomic E-state index is 11.1. The minimum absolute atomic E-state index is 0.0304. The highest BCUT2D eigenvalue weighted by atomic mass is 127. The van der Waals surface area contributed by atoms with Gasteiger partial charge in [0.05, 0.1) is 6.61 Å². The smallest absolute Gasteiger partial charge is 0.305 e. The van der Waals surface area contributed by atoms with Gasteiger partial charge < -0.3 is 4.74 Å². The van der Waals surface area contributed by atoms with Crippen molar-refractivity contribution in [2.75, 3.05) is 11.0 Å². The molecule has 0 aliphatic heterocycles. The van der Waals surface area contributed by atoms with Crippen LogP contribution in [-0.4, -0.2) is 17.0 Å². The molecule has 0 atom stereocenters. The van der Waals surface area contributed by atoms with Gasteiger partial charge in [-0.1, -0.05) is 55.2 Å². The van der Waals surface area contributed by atoms with Gasteiger partial charge in [0.1, 0.15) is 0 Å². The van der Waals surface area contributed by atoms with Gasteiger partial charge >= 0.3 is 5.97 Å². The molecule has 0 bridgehead atoms. The Hall–Kier alpha value is 0.200. The molecule has 0 spiro atoms. The van der Waals surface area contributed by atoms with Crippen LogP contribution < -0.4 is 0 Å². The Kier molecular flexibility index (Phi) is 11.4. The molecule has 0 aromatic heterocycles. The molecule has 14 heavy (non-hydrogen) atoms. The first-order valence-corrected chi connectivity index (χ1v) is 7.05. The van der Waals surface area contributed by atoms with Gasteiger partial charge in [-0.05, 0) is 12.8 Å². The molecule has 0 rings (SSSR count). The van der Waals surface area contributed by atoms with Gasteiger partial charge in [-0.2, -0.15) is 0 Å². The van der Waals surface area contributed by atoms with Gasteiger partial charge in [0.25, 0.3) is 0 Å². The average molecular weight is 312 g/mol. The van der Waals surface area contributed by atoms with E-state index in [-0.39, 0.29) is 5.97 Å². The van der Waals surface area contributed by atoms with Crippen LogP contribution >= 0.6 is 22.6 Å². The summed E-state index contributed by atoms with van der Waals surface area (Å²) >= 11 is 2.27. The number of ether oxygens (including phenoxy) is 1. The number of hydrogen-bond donors (Lipinski definition) is 0. The summed E-state index contributed by atoms with van der Waals surface area (Å²) in [6.07, 6.45) is 7.55. The molecular formula is C11H21IO2. The average Bonchev–Trinajstić information content (AvgIpc) is 2.20. The third kappa shape index (κ3) is 10.3. The van der Waals surface area contributed by atoms with Crippen molar-refractivity contribution in [1.82, 2.24) is 0 Å². The van der Waals surface area contributed by atoms with E-state index in [1.54, 1.807) is 0 Å². The van der Waals surface area contributed by atoms with Crippen molar-refractivity contribution < 1.29 is 9.53 Å². The number of carbonyl (C=O) groups is 1. The van der Waals surface area contributed by atoms with Crippen LogP contribution in [0.4, 0.5) is 0 Å². The number of carbonyl (C=O) groups excluding carboxylic acids is 1. The maximum absolute atomic E-state index is 11.1. The van der Waals surface area contributed by atoms with Crippen molar-refractivity contribution in [3.63, 3.8) is 0 Å². The van der Waals surface area contributed by atoms with Gasteiger partial charge in [-0.15, -0.1) is 0 Å². The molecule has 0 aromatic carbocycles. The molecule has 0 saturated carbocycles. The number of halogens is 1. The number of hydrogen-bond acceptors (Lipinski definition) is 2. The van der Waals surface area contributed by atoms with Crippen molar-refractivity contribution in [3.05, 3.63) is 0 Å². The third-order valence-corrected chi connectivity index (χ3v) is 2.79. The SMILES string of the molecule is CCCCCCCOC(=O)CCCI. The van der Waals surface area contributed by atoms with Crippen LogP contribution in [0.5, 0.6) is 0 Å². The molecule has 0 amide bonds. The van der Waals surface area contributed by atoms with Crippen LogP contribution in [0.1, 0.15) is 51.9 Å². The predicted octanol–water partition coefficient (Wildman–Crippen LogP) is 3.72. The van der Waals surface area contributed by atoms with E-state index in [1.807, 2.05) is 0 Å². The van der Waals surface area contributed by atoms with E-state index in [0.717, 1.165) is 17.3 Å². The third-order valence-electron chi connectivity index (χ3n) is 2.03. The predicted molar refractivity (Wildman–Crippen MR) is 67.8 cm³/mol. The fourth-order valence-corrected chi connectivity index (χ4v) is 1.56. The Labute approximate surface area is 101 Å². The number of esters is 1. The van der Waals surface area contributed by atoms with Crippen molar-refractivity contribution in [1.29, 1.82) is 0 Å². The lowest BCUT2D eigenvalue weighted by Crippen LogP contribution is -2.05. The van der Waals surface area contributed by atoms with Gasteiger partial charge in [0, 0.05) is 10.8 Å². The summed E-state index contributed by atoms with van der Waals surface area (Å²) in [5.41, 5.74) is 0. The molecule has 0 fully saturated rings. The summed E-state index contributed by atoms with van der Waals surface area (Å²) in [4.78, 5) is 11.1. The largest absolute Gasteiger partial charge is 0.466 e. The molecule has 0 aliphatic rings. The lowest BCUT2D eigenvalue weighted by Gasteiger charge is -2.03. The number of alkyl halides is 1. The van der Waals surface area contributed by atoms with E-state index in [2.05, 4.69) is 29.5 Å². The van der Waals surface area contributed by atoms with Gasteiger partial charge in [-0.25, -0.2) is 0 Å². The summed E-state index contributed by atoms with van der Waals surface area (Å²) in [6, 6.07) is 0. The minimum Gasteiger partial charge on any atom is -0.466 e. The number of unbranched alkanes of at least 4 members (excludes halogenated alkanes) is 4. The molecular weight excluding hydrogens is 291 g/mol. The lowest BCUT2D eigenvalue weighted by atomic mass is 10.2. The van der Waals surface area contributed by atoms with E-state index < -0.39 is 0 Å². The zero-order chi connectivity index (χ0) is 10.6. The summed E-state index contributed by atoms with van der Waals surface area (Å²) < 4.78 is 6.11. The van der Waals surface area contributed by atoms with E-state index in [9.17, 15) is 4.79 Å². The van der Waals surface area contributed by atoms with E-state index >= 15 is 0 Å². The van der Waals surface area contributed by atoms with Gasteiger partial charge in [0.15, 0.2) is 0 Å². The van der Waals surface area contributed by atoms with Crippen LogP contribution in [0, 0.1) is 0 Å². The van der Waals surface area contributed by atoms with E-state index in [0.29, 0.717) is 13.0 Å². The first-order chi connectivity index (χ1) is 6.81. The molecule has 0 aromatic rings. The van der Waals surface area contributed by atoms with Crippen LogP contribution in [0.15, 0.2) is 0 Å². The van der Waals surface area contributed by atoms with Crippen molar-refractivity contribution in [2.24, 2.45) is 0 Å². The zero-order valence-corrected chi connectivity index (χ0v) is 11.2. The van der Waals surface area contributed by atoms with Crippen LogP contribution in [-0.2, 0) is 9.53 Å². The highest BCUT2D eigenvalue weighted by Crippen LogP contribution is 2.03. The monoisotopic (exact) mass is 312 g/mol. The second-order valence-corrected chi connectivity index (χ2v) is 4.51. The summed E-state index contributed by atoms with van der Waals surface area (Å²) in [5.74, 6) is -0.0304. The lowest BCUT2D eigenvalue weighted by molar-refractivity contribution is -0.143. The molecule has 3 heteroatoms. The summed E-state index contributed by atoms with van der Waals surface area (Å²) in [6.45, 7) is 2.81. The summed E-state index contributed by atoms with van der Waals surface area (Å²) in [5, 5.41) is 0. The quantitative estimate of drug-likeness (QED) is 0.281.